The van der Waals surface area contributed by atoms with E-state index in [0.717, 1.165) is 0 Å². The highest BCUT2D eigenvalue weighted by atomic mass is 35.5. The van der Waals surface area contributed by atoms with Crippen LogP contribution in [0.5, 0.6) is 0 Å². The quantitative estimate of drug-likeness (QED) is 0.388. The molecule has 4 aromatic rings. The van der Waals surface area contributed by atoms with Crippen molar-refractivity contribution in [2.45, 2.75) is 6.92 Å². The van der Waals surface area contributed by atoms with Crippen LogP contribution in [-0.4, -0.2) is 10.9 Å². The van der Waals surface area contributed by atoms with E-state index >= 15 is 0 Å². The lowest BCUT2D eigenvalue weighted by molar-refractivity contribution is 0.102. The van der Waals surface area contributed by atoms with Crippen molar-refractivity contribution >= 4 is 45.7 Å². The minimum absolute atomic E-state index is 0.349. The van der Waals surface area contributed by atoms with Gasteiger partial charge in [-0.05, 0) is 55.0 Å². The van der Waals surface area contributed by atoms with Gasteiger partial charge in [0.25, 0.3) is 5.91 Å². The van der Waals surface area contributed by atoms with Crippen LogP contribution in [0.1, 0.15) is 15.9 Å². The Labute approximate surface area is 177 Å². The Hall–Kier alpha value is -2.95. The molecule has 4 rings (SSSR count). The maximum atomic E-state index is 13.5. The van der Waals surface area contributed by atoms with E-state index < -0.39 is 5.82 Å². The summed E-state index contributed by atoms with van der Waals surface area (Å²) in [6, 6.07) is 18.3. The molecule has 0 radical (unpaired) electrons. The molecule has 0 aliphatic heterocycles. The first-order valence-corrected chi connectivity index (χ1v) is 9.61. The Morgan fingerprint density at radius 3 is 2.55 bits per heavy atom. The van der Waals surface area contributed by atoms with E-state index in [0.29, 0.717) is 49.0 Å². The molecule has 144 valence electrons. The number of amides is 1. The number of carbonyl (C=O) groups excluding carboxylic acids is 1. The highest BCUT2D eigenvalue weighted by Crippen LogP contribution is 2.35. The molecule has 0 unspecified atom stereocenters. The highest BCUT2D eigenvalue weighted by Gasteiger charge is 2.20. The maximum absolute atomic E-state index is 13.5. The van der Waals surface area contributed by atoms with Gasteiger partial charge in [0, 0.05) is 21.7 Å². The van der Waals surface area contributed by atoms with Crippen LogP contribution >= 0.6 is 23.2 Å². The van der Waals surface area contributed by atoms with Crippen LogP contribution in [-0.2, 0) is 0 Å². The summed E-state index contributed by atoms with van der Waals surface area (Å²) < 4.78 is 13.5. The van der Waals surface area contributed by atoms with Crippen molar-refractivity contribution in [3.8, 4) is 11.3 Å². The van der Waals surface area contributed by atoms with Crippen LogP contribution in [0.3, 0.4) is 0 Å². The summed E-state index contributed by atoms with van der Waals surface area (Å²) in [5.41, 5.74) is 3.43. The summed E-state index contributed by atoms with van der Waals surface area (Å²) in [4.78, 5) is 17.9. The Balaban J connectivity index is 1.90. The van der Waals surface area contributed by atoms with E-state index in [1.54, 1.807) is 30.3 Å². The van der Waals surface area contributed by atoms with Crippen molar-refractivity contribution < 1.29 is 9.18 Å². The lowest BCUT2D eigenvalue weighted by Gasteiger charge is -2.15. The van der Waals surface area contributed by atoms with Crippen molar-refractivity contribution in [2.75, 3.05) is 5.32 Å². The Bertz CT molecular complexity index is 1260. The number of benzene rings is 3. The number of aromatic nitrogens is 1. The molecular formula is C23H15Cl2FN2O. The number of halogens is 3. The third kappa shape index (κ3) is 3.82. The minimum atomic E-state index is -0.423. The molecule has 0 fully saturated rings. The second-order valence-corrected chi connectivity index (χ2v) is 7.41. The normalized spacial score (nSPS) is 10.9. The summed E-state index contributed by atoms with van der Waals surface area (Å²) in [6.45, 7) is 1.82. The molecule has 0 bridgehead atoms. The number of pyridine rings is 1. The molecule has 0 spiro atoms. The molecule has 0 aliphatic carbocycles. The lowest BCUT2D eigenvalue weighted by atomic mass is 9.97. The Morgan fingerprint density at radius 1 is 1.00 bits per heavy atom. The summed E-state index contributed by atoms with van der Waals surface area (Å²) in [5, 5.41) is 4.43. The van der Waals surface area contributed by atoms with E-state index in [-0.39, 0.29) is 5.91 Å². The Morgan fingerprint density at radius 2 is 1.79 bits per heavy atom. The second-order valence-electron chi connectivity index (χ2n) is 6.57. The zero-order valence-corrected chi connectivity index (χ0v) is 16.9. The van der Waals surface area contributed by atoms with Crippen molar-refractivity contribution in [2.24, 2.45) is 0 Å². The van der Waals surface area contributed by atoms with Gasteiger partial charge in [0.2, 0.25) is 0 Å². The van der Waals surface area contributed by atoms with E-state index in [9.17, 15) is 9.18 Å². The fourth-order valence-electron chi connectivity index (χ4n) is 3.30. The number of nitrogens with zero attached hydrogens (tertiary/aromatic N) is 1. The predicted molar refractivity (Wildman–Crippen MR) is 116 cm³/mol. The van der Waals surface area contributed by atoms with Crippen LogP contribution in [0, 0.1) is 12.7 Å². The second kappa shape index (κ2) is 7.82. The molecule has 6 heteroatoms. The van der Waals surface area contributed by atoms with E-state index in [1.807, 2.05) is 31.2 Å². The maximum Gasteiger partial charge on any atom is 0.256 e. The summed E-state index contributed by atoms with van der Waals surface area (Å²) >= 11 is 12.4. The first-order valence-electron chi connectivity index (χ1n) is 8.86. The molecular weight excluding hydrogens is 410 g/mol. The SMILES string of the molecule is Cc1c(-c2ccc(Cl)cc2Cl)nc2ccccc2c1C(=O)Nc1cccc(F)c1. The predicted octanol–water partition coefficient (Wildman–Crippen LogP) is 6.91. The number of nitrogens with one attached hydrogen (secondary N) is 1. The van der Waals surface area contributed by atoms with Gasteiger partial charge in [0.1, 0.15) is 5.82 Å². The smallest absolute Gasteiger partial charge is 0.256 e. The standard InChI is InChI=1S/C23H15Cl2FN2O/c1-13-21(23(29)27-16-6-4-5-15(26)12-16)18-7-2-3-8-20(18)28-22(13)17-10-9-14(24)11-19(17)25/h2-12H,1H3,(H,27,29). The molecule has 0 aliphatic rings. The largest absolute Gasteiger partial charge is 0.322 e. The first kappa shape index (κ1) is 19.4. The van der Waals surface area contributed by atoms with E-state index in [2.05, 4.69) is 5.32 Å². The number of rotatable bonds is 3. The van der Waals surface area contributed by atoms with Crippen LogP contribution in [0.25, 0.3) is 22.2 Å². The number of anilines is 1. The summed E-state index contributed by atoms with van der Waals surface area (Å²) in [6.07, 6.45) is 0. The number of hydrogen-bond donors (Lipinski definition) is 1. The molecule has 0 atom stereocenters. The van der Waals surface area contributed by atoms with Crippen LogP contribution in [0.4, 0.5) is 10.1 Å². The lowest BCUT2D eigenvalue weighted by Crippen LogP contribution is -2.15. The monoisotopic (exact) mass is 424 g/mol. The van der Waals surface area contributed by atoms with Gasteiger partial charge in [-0.15, -0.1) is 0 Å². The van der Waals surface area contributed by atoms with Gasteiger partial charge in [-0.2, -0.15) is 0 Å². The molecule has 3 nitrogen and oxygen atoms in total. The fourth-order valence-corrected chi connectivity index (χ4v) is 3.80. The average Bonchev–Trinajstić information content (AvgIpc) is 2.68. The zero-order chi connectivity index (χ0) is 20.5. The molecule has 0 saturated heterocycles. The third-order valence-electron chi connectivity index (χ3n) is 4.63. The molecule has 3 aromatic carbocycles. The Kier molecular flexibility index (Phi) is 5.22. The minimum Gasteiger partial charge on any atom is -0.322 e. The number of para-hydroxylation sites is 1. The zero-order valence-electron chi connectivity index (χ0n) is 15.3. The molecule has 1 amide bonds. The highest BCUT2D eigenvalue weighted by molar-refractivity contribution is 6.36. The first-order chi connectivity index (χ1) is 13.9. The van der Waals surface area contributed by atoms with Crippen molar-refractivity contribution in [1.82, 2.24) is 4.98 Å². The van der Waals surface area contributed by atoms with Gasteiger partial charge in [-0.1, -0.05) is 47.5 Å². The van der Waals surface area contributed by atoms with Crippen molar-refractivity contribution in [1.29, 1.82) is 0 Å². The van der Waals surface area contributed by atoms with Gasteiger partial charge in [0.15, 0.2) is 0 Å². The third-order valence-corrected chi connectivity index (χ3v) is 5.18. The summed E-state index contributed by atoms with van der Waals surface area (Å²) in [7, 11) is 0. The van der Waals surface area contributed by atoms with Gasteiger partial charge in [0.05, 0.1) is 21.8 Å². The van der Waals surface area contributed by atoms with Crippen molar-refractivity contribution in [3.63, 3.8) is 0 Å². The number of carbonyl (C=O) groups is 1. The van der Waals surface area contributed by atoms with Gasteiger partial charge in [-0.3, -0.25) is 4.79 Å². The molecule has 29 heavy (non-hydrogen) atoms. The fraction of sp³-hybridized carbons (Fsp3) is 0.0435. The van der Waals surface area contributed by atoms with E-state index in [4.69, 9.17) is 28.2 Å². The van der Waals surface area contributed by atoms with Crippen LogP contribution in [0.2, 0.25) is 10.0 Å². The van der Waals surface area contributed by atoms with Gasteiger partial charge in [-0.25, -0.2) is 9.37 Å². The van der Waals surface area contributed by atoms with E-state index in [1.165, 1.54) is 12.1 Å². The summed E-state index contributed by atoms with van der Waals surface area (Å²) in [5.74, 6) is -0.772. The van der Waals surface area contributed by atoms with Crippen molar-refractivity contribution in [3.05, 3.63) is 93.7 Å². The number of fused-ring (bicyclic) bond motifs is 1. The topological polar surface area (TPSA) is 42.0 Å². The van der Waals surface area contributed by atoms with Gasteiger partial charge < -0.3 is 5.32 Å². The van der Waals surface area contributed by atoms with Crippen LogP contribution in [0.15, 0.2) is 66.7 Å². The molecule has 1 N–H and O–H groups in total. The number of hydrogen-bond acceptors (Lipinski definition) is 2. The van der Waals surface area contributed by atoms with Crippen LogP contribution < -0.4 is 5.32 Å². The van der Waals surface area contributed by atoms with Gasteiger partial charge >= 0.3 is 0 Å². The molecule has 1 aromatic heterocycles. The molecule has 1 heterocycles. The average molecular weight is 425 g/mol. The molecule has 0 saturated carbocycles.